The van der Waals surface area contributed by atoms with Crippen molar-refractivity contribution >= 4 is 28.7 Å². The van der Waals surface area contributed by atoms with Crippen LogP contribution in [0.25, 0.3) is 0 Å². The van der Waals surface area contributed by atoms with E-state index in [4.69, 9.17) is 11.1 Å². The Morgan fingerprint density at radius 2 is 2.80 bits per heavy atom. The van der Waals surface area contributed by atoms with Gasteiger partial charge in [-0.15, -0.1) is 11.8 Å². The third-order valence-corrected chi connectivity index (χ3v) is 2.52. The molecule has 0 aliphatic carbocycles. The SMILES string of the molecule is N=C(N)SCC1=CSCN1. The topological polar surface area (TPSA) is 61.9 Å². The number of nitrogens with one attached hydrogen (secondary N) is 2. The second kappa shape index (κ2) is 3.78. The summed E-state index contributed by atoms with van der Waals surface area (Å²) in [7, 11) is 0. The van der Waals surface area contributed by atoms with E-state index in [9.17, 15) is 0 Å². The average molecular weight is 175 g/mol. The fourth-order valence-electron chi connectivity index (χ4n) is 0.559. The summed E-state index contributed by atoms with van der Waals surface area (Å²) < 4.78 is 0. The second-order valence-corrected chi connectivity index (χ2v) is 3.66. The molecule has 56 valence electrons. The lowest BCUT2D eigenvalue weighted by atomic mass is 10.6. The second-order valence-electron chi connectivity index (χ2n) is 1.78. The van der Waals surface area contributed by atoms with Gasteiger partial charge in [-0.05, 0) is 5.41 Å². The number of rotatable bonds is 2. The third kappa shape index (κ3) is 2.53. The van der Waals surface area contributed by atoms with Crippen LogP contribution in [0, 0.1) is 5.41 Å². The maximum Gasteiger partial charge on any atom is 0.151 e. The van der Waals surface area contributed by atoms with Crippen molar-refractivity contribution in [2.45, 2.75) is 0 Å². The third-order valence-electron chi connectivity index (χ3n) is 0.991. The van der Waals surface area contributed by atoms with Gasteiger partial charge in [-0.2, -0.15) is 0 Å². The summed E-state index contributed by atoms with van der Waals surface area (Å²) in [6.07, 6.45) is 0. The molecule has 1 heterocycles. The van der Waals surface area contributed by atoms with Crippen molar-refractivity contribution in [3.8, 4) is 0 Å². The van der Waals surface area contributed by atoms with Gasteiger partial charge >= 0.3 is 0 Å². The van der Waals surface area contributed by atoms with Gasteiger partial charge in [0.25, 0.3) is 0 Å². The van der Waals surface area contributed by atoms with Crippen molar-refractivity contribution in [3.63, 3.8) is 0 Å². The maximum atomic E-state index is 6.94. The van der Waals surface area contributed by atoms with Gasteiger partial charge in [0.1, 0.15) is 0 Å². The van der Waals surface area contributed by atoms with Crippen LogP contribution in [0.3, 0.4) is 0 Å². The number of hydrogen-bond acceptors (Lipinski definition) is 4. The molecule has 0 unspecified atom stereocenters. The number of amidine groups is 1. The van der Waals surface area contributed by atoms with Gasteiger partial charge in [-0.25, -0.2) is 0 Å². The van der Waals surface area contributed by atoms with Crippen LogP contribution in [0.5, 0.6) is 0 Å². The average Bonchev–Trinajstić information content (AvgIpc) is 2.34. The maximum absolute atomic E-state index is 6.94. The van der Waals surface area contributed by atoms with E-state index >= 15 is 0 Å². The number of thioether (sulfide) groups is 2. The molecular formula is C5H9N3S2. The van der Waals surface area contributed by atoms with E-state index in [1.165, 1.54) is 17.5 Å². The summed E-state index contributed by atoms with van der Waals surface area (Å²) in [6.45, 7) is 0. The lowest BCUT2D eigenvalue weighted by molar-refractivity contribution is 0.990. The smallest absolute Gasteiger partial charge is 0.151 e. The summed E-state index contributed by atoms with van der Waals surface area (Å²) in [6, 6.07) is 0. The molecule has 5 heteroatoms. The highest BCUT2D eigenvalue weighted by molar-refractivity contribution is 8.13. The molecule has 0 radical (unpaired) electrons. The predicted octanol–water partition coefficient (Wildman–Crippen LogP) is 0.748. The van der Waals surface area contributed by atoms with Crippen LogP contribution >= 0.6 is 23.5 Å². The molecule has 3 nitrogen and oxygen atoms in total. The van der Waals surface area contributed by atoms with Gasteiger partial charge < -0.3 is 11.1 Å². The monoisotopic (exact) mass is 175 g/mol. The molecule has 1 aliphatic rings. The van der Waals surface area contributed by atoms with Crippen LogP contribution in [0.15, 0.2) is 11.1 Å². The van der Waals surface area contributed by atoms with E-state index < -0.39 is 0 Å². The molecule has 4 N–H and O–H groups in total. The number of hydrogen-bond donors (Lipinski definition) is 3. The van der Waals surface area contributed by atoms with Crippen LogP contribution in [0.1, 0.15) is 0 Å². The van der Waals surface area contributed by atoms with Crippen molar-refractivity contribution in [1.82, 2.24) is 5.32 Å². The molecule has 10 heavy (non-hydrogen) atoms. The molecule has 0 fully saturated rings. The molecule has 0 aromatic carbocycles. The van der Waals surface area contributed by atoms with E-state index in [1.54, 1.807) is 11.8 Å². The highest BCUT2D eigenvalue weighted by atomic mass is 32.2. The highest BCUT2D eigenvalue weighted by Gasteiger charge is 2.03. The van der Waals surface area contributed by atoms with Gasteiger partial charge in [0, 0.05) is 11.4 Å². The molecule has 1 rings (SSSR count). The summed E-state index contributed by atoms with van der Waals surface area (Å²) >= 11 is 3.08. The molecule has 0 aromatic rings. The molecule has 0 spiro atoms. The fourth-order valence-corrected chi connectivity index (χ4v) is 1.88. The Balaban J connectivity index is 2.19. The largest absolute Gasteiger partial charge is 0.379 e. The summed E-state index contributed by atoms with van der Waals surface area (Å²) in [5.41, 5.74) is 6.33. The Labute approximate surface area is 68.3 Å². The van der Waals surface area contributed by atoms with Gasteiger partial charge in [-0.1, -0.05) is 11.8 Å². The molecule has 0 amide bonds. The van der Waals surface area contributed by atoms with Gasteiger partial charge in [0.2, 0.25) is 0 Å². The first-order chi connectivity index (χ1) is 4.79. The zero-order valence-corrected chi connectivity index (χ0v) is 7.02. The van der Waals surface area contributed by atoms with Gasteiger partial charge in [0.15, 0.2) is 5.17 Å². The van der Waals surface area contributed by atoms with Gasteiger partial charge in [-0.3, -0.25) is 5.41 Å². The molecule has 0 aromatic heterocycles. The predicted molar refractivity (Wildman–Crippen MR) is 48.0 cm³/mol. The zero-order valence-electron chi connectivity index (χ0n) is 5.39. The summed E-state index contributed by atoms with van der Waals surface area (Å²) in [5, 5.41) is 12.3. The molecule has 0 saturated carbocycles. The first kappa shape index (κ1) is 7.81. The molecule has 0 bridgehead atoms. The first-order valence-corrected chi connectivity index (χ1v) is 4.84. The van der Waals surface area contributed by atoms with E-state index in [0.717, 1.165) is 11.6 Å². The summed E-state index contributed by atoms with van der Waals surface area (Å²) in [5.74, 6) is 1.75. The minimum Gasteiger partial charge on any atom is -0.379 e. The van der Waals surface area contributed by atoms with E-state index in [2.05, 4.69) is 10.7 Å². The van der Waals surface area contributed by atoms with Crippen molar-refractivity contribution < 1.29 is 0 Å². The number of nitrogens with two attached hydrogens (primary N) is 1. The van der Waals surface area contributed by atoms with E-state index in [0.29, 0.717) is 0 Å². The molecule has 1 aliphatic heterocycles. The highest BCUT2D eigenvalue weighted by Crippen LogP contribution is 2.15. The normalized spacial score (nSPS) is 16.2. The van der Waals surface area contributed by atoms with Crippen LogP contribution in [0.4, 0.5) is 0 Å². The minimum atomic E-state index is 0.180. The van der Waals surface area contributed by atoms with E-state index in [-0.39, 0.29) is 5.17 Å². The standard InChI is InChI=1S/C5H9N3S2/c6-5(7)10-2-4-1-9-3-8-4/h1,8H,2-3H2,(H3,6,7). The van der Waals surface area contributed by atoms with Crippen LogP contribution in [-0.4, -0.2) is 16.8 Å². The Kier molecular flexibility index (Phi) is 2.95. The van der Waals surface area contributed by atoms with Gasteiger partial charge in [0.05, 0.1) is 5.88 Å². The van der Waals surface area contributed by atoms with Crippen LogP contribution in [-0.2, 0) is 0 Å². The van der Waals surface area contributed by atoms with Crippen LogP contribution in [0.2, 0.25) is 0 Å². The molecular weight excluding hydrogens is 166 g/mol. The Hall–Kier alpha value is -0.290. The van der Waals surface area contributed by atoms with Crippen molar-refractivity contribution in [2.24, 2.45) is 5.73 Å². The van der Waals surface area contributed by atoms with Crippen molar-refractivity contribution in [1.29, 1.82) is 5.41 Å². The molecule has 0 atom stereocenters. The van der Waals surface area contributed by atoms with E-state index in [1.807, 2.05) is 0 Å². The summed E-state index contributed by atoms with van der Waals surface area (Å²) in [4.78, 5) is 0. The van der Waals surface area contributed by atoms with Crippen LogP contribution < -0.4 is 11.1 Å². The fraction of sp³-hybridized carbons (Fsp3) is 0.400. The Morgan fingerprint density at radius 1 is 2.00 bits per heavy atom. The minimum absolute atomic E-state index is 0.180. The van der Waals surface area contributed by atoms with Crippen molar-refractivity contribution in [3.05, 3.63) is 11.1 Å². The Morgan fingerprint density at radius 3 is 3.30 bits per heavy atom. The Bertz CT molecular complexity index is 166. The van der Waals surface area contributed by atoms with Crippen molar-refractivity contribution in [2.75, 3.05) is 11.6 Å². The first-order valence-electron chi connectivity index (χ1n) is 2.80. The molecule has 0 saturated heterocycles. The lowest BCUT2D eigenvalue weighted by Crippen LogP contribution is -2.11. The quantitative estimate of drug-likeness (QED) is 0.428. The zero-order chi connectivity index (χ0) is 7.40. The lowest BCUT2D eigenvalue weighted by Gasteiger charge is -2.00.